The first kappa shape index (κ1) is 18.1. The fraction of sp³-hybridized carbons (Fsp3) is 0.200. The van der Waals surface area contributed by atoms with Crippen LogP contribution in [0.25, 0.3) is 22.4 Å². The highest BCUT2D eigenvalue weighted by Gasteiger charge is 2.16. The fourth-order valence-corrected chi connectivity index (χ4v) is 3.85. The zero-order chi connectivity index (χ0) is 19.5. The van der Waals surface area contributed by atoms with Crippen molar-refractivity contribution in [1.82, 2.24) is 19.1 Å². The van der Waals surface area contributed by atoms with Crippen LogP contribution in [0.5, 0.6) is 0 Å². The average Bonchev–Trinajstić information content (AvgIpc) is 3.28. The van der Waals surface area contributed by atoms with Gasteiger partial charge >= 0.3 is 5.69 Å². The number of benzene rings is 1. The Morgan fingerprint density at radius 1 is 1.07 bits per heavy atom. The minimum atomic E-state index is -0.288. The summed E-state index contributed by atoms with van der Waals surface area (Å²) in [6.07, 6.45) is 2.54. The number of para-hydroxylation sites is 2. The third-order valence-electron chi connectivity index (χ3n) is 4.35. The van der Waals surface area contributed by atoms with Crippen molar-refractivity contribution in [3.63, 3.8) is 0 Å². The number of rotatable bonds is 6. The second-order valence-electron chi connectivity index (χ2n) is 6.31. The van der Waals surface area contributed by atoms with Gasteiger partial charge in [-0.15, -0.1) is 11.3 Å². The van der Waals surface area contributed by atoms with Crippen LogP contribution in [0.3, 0.4) is 0 Å². The van der Waals surface area contributed by atoms with Crippen LogP contribution >= 0.6 is 11.3 Å². The van der Waals surface area contributed by atoms with Crippen molar-refractivity contribution < 1.29 is 4.79 Å². The van der Waals surface area contributed by atoms with E-state index < -0.39 is 0 Å². The molecule has 0 atom stereocenters. The van der Waals surface area contributed by atoms with Gasteiger partial charge in [-0.1, -0.05) is 25.1 Å². The number of carbonyl (C=O) groups is 1. The van der Waals surface area contributed by atoms with Crippen molar-refractivity contribution >= 4 is 33.4 Å². The van der Waals surface area contributed by atoms with Gasteiger partial charge in [0.1, 0.15) is 12.2 Å². The number of hydrogen-bond donors (Lipinski definition) is 1. The predicted molar refractivity (Wildman–Crippen MR) is 110 cm³/mol. The molecule has 0 saturated carbocycles. The molecule has 0 radical (unpaired) electrons. The summed E-state index contributed by atoms with van der Waals surface area (Å²) in [7, 11) is 0. The lowest BCUT2D eigenvalue weighted by molar-refractivity contribution is -0.116. The molecule has 4 rings (SSSR count). The smallest absolute Gasteiger partial charge is 0.300 e. The number of fused-ring (bicyclic) bond motifs is 1. The summed E-state index contributed by atoms with van der Waals surface area (Å²) in [5, 5.41) is 5.11. The van der Waals surface area contributed by atoms with E-state index in [0.717, 1.165) is 23.1 Å². The number of nitrogens with zero attached hydrogens (tertiary/aromatic N) is 4. The summed E-state index contributed by atoms with van der Waals surface area (Å²) in [5.41, 5.74) is 2.88. The number of nitrogens with one attached hydrogen (secondary N) is 1. The van der Waals surface area contributed by atoms with Crippen LogP contribution in [0.1, 0.15) is 13.3 Å². The highest BCUT2D eigenvalue weighted by molar-refractivity contribution is 7.14. The van der Waals surface area contributed by atoms with Crippen molar-refractivity contribution in [2.75, 3.05) is 5.32 Å². The first-order valence-electron chi connectivity index (χ1n) is 9.02. The highest BCUT2D eigenvalue weighted by atomic mass is 32.1. The maximum Gasteiger partial charge on any atom is 0.329 e. The van der Waals surface area contributed by atoms with Crippen LogP contribution in [0.2, 0.25) is 0 Å². The molecule has 0 aliphatic heterocycles. The first-order chi connectivity index (χ1) is 13.7. The quantitative estimate of drug-likeness (QED) is 0.544. The lowest BCUT2D eigenvalue weighted by Gasteiger charge is -2.03. The summed E-state index contributed by atoms with van der Waals surface area (Å²) < 4.78 is 3.22. The number of anilines is 1. The van der Waals surface area contributed by atoms with Gasteiger partial charge in [-0.2, -0.15) is 0 Å². The van der Waals surface area contributed by atoms with Crippen molar-refractivity contribution in [3.8, 4) is 11.4 Å². The Morgan fingerprint density at radius 2 is 1.82 bits per heavy atom. The number of aromatic nitrogens is 4. The van der Waals surface area contributed by atoms with E-state index in [2.05, 4.69) is 15.3 Å². The maximum absolute atomic E-state index is 12.8. The standard InChI is InChI=1S/C20H19N5O2S/c1-2-11-24-16-8-3-4-9-17(16)25(20(24)27)12-18(26)23-19-22-15(13-28-19)14-7-5-6-10-21-14/h3-10,13H,2,11-12H2,1H3,(H,22,23,26). The van der Waals surface area contributed by atoms with Gasteiger partial charge in [0.15, 0.2) is 5.13 Å². The predicted octanol–water partition coefficient (Wildman–Crippen LogP) is 3.37. The van der Waals surface area contributed by atoms with Gasteiger partial charge < -0.3 is 5.32 Å². The summed E-state index contributed by atoms with van der Waals surface area (Å²) in [6, 6.07) is 13.1. The molecule has 0 fully saturated rings. The minimum absolute atomic E-state index is 0.0610. The molecule has 0 spiro atoms. The number of amides is 1. The van der Waals surface area contributed by atoms with E-state index >= 15 is 0 Å². The first-order valence-corrected chi connectivity index (χ1v) is 9.90. The lowest BCUT2D eigenvalue weighted by Crippen LogP contribution is -2.29. The Labute approximate surface area is 165 Å². The van der Waals surface area contributed by atoms with E-state index in [4.69, 9.17) is 0 Å². The fourth-order valence-electron chi connectivity index (χ4n) is 3.13. The molecule has 1 aromatic carbocycles. The second-order valence-corrected chi connectivity index (χ2v) is 7.17. The Kier molecular flexibility index (Phi) is 5.03. The summed E-state index contributed by atoms with van der Waals surface area (Å²) in [6.45, 7) is 2.58. The molecular weight excluding hydrogens is 374 g/mol. The van der Waals surface area contributed by atoms with Crippen molar-refractivity contribution in [3.05, 3.63) is 64.5 Å². The van der Waals surface area contributed by atoms with Gasteiger partial charge in [-0.05, 0) is 30.7 Å². The molecule has 1 amide bonds. The molecular formula is C20H19N5O2S. The summed E-state index contributed by atoms with van der Waals surface area (Å²) in [4.78, 5) is 34.0. The number of carbonyl (C=O) groups excluding carboxylic acids is 1. The van der Waals surface area contributed by atoms with Crippen LogP contribution in [0.15, 0.2) is 58.8 Å². The van der Waals surface area contributed by atoms with Gasteiger partial charge in [-0.3, -0.25) is 18.9 Å². The normalized spacial score (nSPS) is 11.0. The van der Waals surface area contributed by atoms with Gasteiger partial charge in [0.25, 0.3) is 0 Å². The van der Waals surface area contributed by atoms with Crippen LogP contribution < -0.4 is 11.0 Å². The number of aryl methyl sites for hydroxylation is 1. The molecule has 0 aliphatic carbocycles. The molecule has 3 aromatic heterocycles. The number of imidazole rings is 1. The Morgan fingerprint density at radius 3 is 2.54 bits per heavy atom. The third kappa shape index (κ3) is 3.46. The number of pyridine rings is 1. The van der Waals surface area contributed by atoms with Gasteiger partial charge in [0, 0.05) is 18.1 Å². The maximum atomic E-state index is 12.8. The molecule has 7 nitrogen and oxygen atoms in total. The molecule has 0 bridgehead atoms. The Balaban J connectivity index is 1.56. The zero-order valence-electron chi connectivity index (χ0n) is 15.3. The number of hydrogen-bond acceptors (Lipinski definition) is 5. The van der Waals surface area contributed by atoms with Crippen molar-refractivity contribution in [2.45, 2.75) is 26.4 Å². The van der Waals surface area contributed by atoms with E-state index in [0.29, 0.717) is 17.4 Å². The van der Waals surface area contributed by atoms with Crippen molar-refractivity contribution in [2.24, 2.45) is 0 Å². The Bertz CT molecular complexity index is 1180. The topological polar surface area (TPSA) is 81.8 Å². The zero-order valence-corrected chi connectivity index (χ0v) is 16.1. The molecule has 0 aliphatic rings. The third-order valence-corrected chi connectivity index (χ3v) is 5.11. The second kappa shape index (κ2) is 7.77. The van der Waals surface area contributed by atoms with Crippen LogP contribution in [-0.2, 0) is 17.9 Å². The van der Waals surface area contributed by atoms with Crippen LogP contribution in [0, 0.1) is 0 Å². The summed E-state index contributed by atoms with van der Waals surface area (Å²) in [5.74, 6) is -0.288. The lowest BCUT2D eigenvalue weighted by atomic mass is 10.3. The molecule has 8 heteroatoms. The molecule has 0 unspecified atom stereocenters. The van der Waals surface area contributed by atoms with Crippen LogP contribution in [0.4, 0.5) is 5.13 Å². The Hall–Kier alpha value is -3.26. The SMILES string of the molecule is CCCn1c(=O)n(CC(=O)Nc2nc(-c3ccccn3)cs2)c2ccccc21. The molecule has 28 heavy (non-hydrogen) atoms. The summed E-state index contributed by atoms with van der Waals surface area (Å²) >= 11 is 1.33. The van der Waals surface area contributed by atoms with E-state index in [-0.39, 0.29) is 18.1 Å². The molecule has 3 heterocycles. The van der Waals surface area contributed by atoms with Crippen molar-refractivity contribution in [1.29, 1.82) is 0 Å². The molecule has 142 valence electrons. The van der Waals surface area contributed by atoms with E-state index in [1.807, 2.05) is 54.8 Å². The van der Waals surface area contributed by atoms with Gasteiger partial charge in [-0.25, -0.2) is 9.78 Å². The highest BCUT2D eigenvalue weighted by Crippen LogP contribution is 2.23. The minimum Gasteiger partial charge on any atom is -0.300 e. The average molecular weight is 393 g/mol. The molecule has 4 aromatic rings. The van der Waals surface area contributed by atoms with E-state index in [9.17, 15) is 9.59 Å². The van der Waals surface area contributed by atoms with E-state index in [1.54, 1.807) is 10.8 Å². The number of thiazole rings is 1. The monoisotopic (exact) mass is 393 g/mol. The molecule has 0 saturated heterocycles. The largest absolute Gasteiger partial charge is 0.329 e. The molecule has 1 N–H and O–H groups in total. The van der Waals surface area contributed by atoms with E-state index in [1.165, 1.54) is 15.9 Å². The van der Waals surface area contributed by atoms with Gasteiger partial charge in [0.2, 0.25) is 5.91 Å². The van der Waals surface area contributed by atoms with Crippen LogP contribution in [-0.4, -0.2) is 25.0 Å². The van der Waals surface area contributed by atoms with Gasteiger partial charge in [0.05, 0.1) is 16.7 Å².